The summed E-state index contributed by atoms with van der Waals surface area (Å²) in [5, 5.41) is 20.3. The van der Waals surface area contributed by atoms with Crippen LogP contribution in [0.2, 0.25) is 0 Å². The van der Waals surface area contributed by atoms with Crippen molar-refractivity contribution in [3.63, 3.8) is 0 Å². The standard InChI is InChI=1S/C31H34N4O9/c1-19-5-3-4-6-23(19)35-31(40)32-21-8-10-22(11-9-21)42-17-28(36)33-24(13-14-41-2)30(39)34-25(16-29(37)38)20-7-12-26-27(15-20)44-18-43-26/h3-12,15,24-25H,13-14,16-18H2,1-2H3,(H,33,36)(H,34,39)(H,37,38)(H2,32,35,40). The summed E-state index contributed by atoms with van der Waals surface area (Å²) in [6.45, 7) is 1.72. The lowest BCUT2D eigenvalue weighted by molar-refractivity contribution is -0.138. The van der Waals surface area contributed by atoms with Gasteiger partial charge in [-0.1, -0.05) is 24.3 Å². The second kappa shape index (κ2) is 15.3. The molecule has 0 aromatic heterocycles. The molecule has 4 amide bonds. The molecule has 0 aliphatic carbocycles. The lowest BCUT2D eigenvalue weighted by atomic mass is 10.0. The Balaban J connectivity index is 1.31. The average molecular weight is 607 g/mol. The zero-order valence-electron chi connectivity index (χ0n) is 24.3. The Morgan fingerprint density at radius 2 is 1.68 bits per heavy atom. The van der Waals surface area contributed by atoms with E-state index in [9.17, 15) is 24.3 Å². The molecular formula is C31H34N4O9. The second-order valence-electron chi connectivity index (χ2n) is 9.88. The van der Waals surface area contributed by atoms with Crippen LogP contribution in [0.3, 0.4) is 0 Å². The van der Waals surface area contributed by atoms with Crippen molar-refractivity contribution >= 4 is 35.2 Å². The third-order valence-corrected chi connectivity index (χ3v) is 6.63. The smallest absolute Gasteiger partial charge is 0.323 e. The molecule has 2 unspecified atom stereocenters. The number of methoxy groups -OCH3 is 1. The minimum Gasteiger partial charge on any atom is -0.484 e. The van der Waals surface area contributed by atoms with Gasteiger partial charge in [0.05, 0.1) is 12.5 Å². The molecule has 0 bridgehead atoms. The number of anilines is 2. The van der Waals surface area contributed by atoms with Crippen molar-refractivity contribution < 1.29 is 43.2 Å². The van der Waals surface area contributed by atoms with Gasteiger partial charge in [-0.15, -0.1) is 0 Å². The van der Waals surface area contributed by atoms with E-state index < -0.39 is 48.9 Å². The van der Waals surface area contributed by atoms with E-state index in [4.69, 9.17) is 18.9 Å². The van der Waals surface area contributed by atoms with Crippen LogP contribution in [0.1, 0.15) is 30.0 Å². The van der Waals surface area contributed by atoms with Crippen LogP contribution < -0.4 is 35.5 Å². The van der Waals surface area contributed by atoms with E-state index in [2.05, 4.69) is 21.3 Å². The van der Waals surface area contributed by atoms with Gasteiger partial charge < -0.3 is 45.3 Å². The zero-order valence-corrected chi connectivity index (χ0v) is 24.3. The number of hydrogen-bond donors (Lipinski definition) is 5. The van der Waals surface area contributed by atoms with Gasteiger partial charge in [0.15, 0.2) is 18.1 Å². The van der Waals surface area contributed by atoms with Crippen LogP contribution in [0.5, 0.6) is 17.2 Å². The van der Waals surface area contributed by atoms with Crippen LogP contribution in [0.15, 0.2) is 66.7 Å². The molecule has 1 aliphatic rings. The van der Waals surface area contributed by atoms with Crippen molar-refractivity contribution in [3.05, 3.63) is 77.9 Å². The lowest BCUT2D eigenvalue weighted by Gasteiger charge is -2.23. The summed E-state index contributed by atoms with van der Waals surface area (Å²) in [5.41, 5.74) is 2.65. The van der Waals surface area contributed by atoms with Crippen molar-refractivity contribution in [1.29, 1.82) is 0 Å². The quantitative estimate of drug-likeness (QED) is 0.184. The number of carbonyl (C=O) groups excluding carboxylic acids is 3. The van der Waals surface area contributed by atoms with Crippen LogP contribution in [0.4, 0.5) is 16.2 Å². The topological polar surface area (TPSA) is 174 Å². The molecule has 44 heavy (non-hydrogen) atoms. The van der Waals surface area contributed by atoms with Crippen LogP contribution in [0.25, 0.3) is 0 Å². The predicted octanol–water partition coefficient (Wildman–Crippen LogP) is 3.60. The molecule has 0 radical (unpaired) electrons. The number of hydrogen-bond acceptors (Lipinski definition) is 8. The molecule has 13 nitrogen and oxygen atoms in total. The van der Waals surface area contributed by atoms with E-state index in [-0.39, 0.29) is 19.8 Å². The molecule has 2 atom stereocenters. The van der Waals surface area contributed by atoms with Crippen LogP contribution in [-0.4, -0.2) is 62.1 Å². The summed E-state index contributed by atoms with van der Waals surface area (Å²) in [6.07, 6.45) is -0.252. The number of aliphatic carboxylic acids is 1. The highest BCUT2D eigenvalue weighted by atomic mass is 16.7. The number of urea groups is 1. The highest BCUT2D eigenvalue weighted by molar-refractivity contribution is 6.00. The Morgan fingerprint density at radius 3 is 2.41 bits per heavy atom. The minimum absolute atomic E-state index is 0.0502. The maximum atomic E-state index is 13.2. The summed E-state index contributed by atoms with van der Waals surface area (Å²) < 4.78 is 21.3. The third-order valence-electron chi connectivity index (χ3n) is 6.63. The second-order valence-corrected chi connectivity index (χ2v) is 9.88. The first-order valence-corrected chi connectivity index (χ1v) is 13.8. The number of carboxylic acid groups (broad SMARTS) is 1. The molecule has 232 valence electrons. The van der Waals surface area contributed by atoms with E-state index in [1.165, 1.54) is 7.11 Å². The van der Waals surface area contributed by atoms with Gasteiger partial charge in [0.1, 0.15) is 11.8 Å². The number of nitrogens with one attached hydrogen (secondary N) is 4. The van der Waals surface area contributed by atoms with Gasteiger partial charge in [-0.25, -0.2) is 4.79 Å². The first-order valence-electron chi connectivity index (χ1n) is 13.8. The number of carboxylic acids is 1. The summed E-state index contributed by atoms with van der Waals surface area (Å²) in [4.78, 5) is 49.8. The highest BCUT2D eigenvalue weighted by Gasteiger charge is 2.27. The number of amides is 4. The Kier molecular flexibility index (Phi) is 11.0. The normalized spacial score (nSPS) is 12.9. The molecule has 0 fully saturated rings. The number of rotatable bonds is 14. The Labute approximate surface area is 253 Å². The van der Waals surface area contributed by atoms with Gasteiger partial charge in [0, 0.05) is 25.1 Å². The minimum atomic E-state index is -1.12. The molecule has 3 aromatic carbocycles. The Bertz CT molecular complexity index is 1480. The van der Waals surface area contributed by atoms with E-state index in [0.29, 0.717) is 34.2 Å². The SMILES string of the molecule is COCCC(NC(=O)COc1ccc(NC(=O)Nc2ccccc2C)cc1)C(=O)NC(CC(=O)O)c1ccc2c(c1)OCO2. The Hall–Kier alpha value is -5.30. The monoisotopic (exact) mass is 606 g/mol. The molecule has 1 aliphatic heterocycles. The molecule has 1 heterocycles. The molecular weight excluding hydrogens is 572 g/mol. The Morgan fingerprint density at radius 1 is 0.932 bits per heavy atom. The number of aryl methyl sites for hydroxylation is 1. The van der Waals surface area contributed by atoms with Crippen molar-refractivity contribution in [1.82, 2.24) is 10.6 Å². The van der Waals surface area contributed by atoms with E-state index in [1.54, 1.807) is 48.5 Å². The number of ether oxygens (including phenoxy) is 4. The molecule has 0 saturated carbocycles. The summed E-state index contributed by atoms with van der Waals surface area (Å²) in [6, 6.07) is 16.4. The fourth-order valence-electron chi connectivity index (χ4n) is 4.35. The van der Waals surface area contributed by atoms with Crippen LogP contribution in [0, 0.1) is 6.92 Å². The van der Waals surface area contributed by atoms with E-state index >= 15 is 0 Å². The largest absolute Gasteiger partial charge is 0.484 e. The molecule has 0 spiro atoms. The van der Waals surface area contributed by atoms with E-state index in [0.717, 1.165) is 5.56 Å². The molecule has 0 saturated heterocycles. The predicted molar refractivity (Wildman–Crippen MR) is 160 cm³/mol. The van der Waals surface area contributed by atoms with Gasteiger partial charge in [0.2, 0.25) is 12.7 Å². The summed E-state index contributed by atoms with van der Waals surface area (Å²) in [5.74, 6) is -0.936. The van der Waals surface area contributed by atoms with Crippen molar-refractivity contribution in [2.75, 3.05) is 37.8 Å². The van der Waals surface area contributed by atoms with Gasteiger partial charge in [-0.3, -0.25) is 14.4 Å². The summed E-state index contributed by atoms with van der Waals surface area (Å²) in [7, 11) is 1.46. The van der Waals surface area contributed by atoms with Crippen LogP contribution >= 0.6 is 0 Å². The van der Waals surface area contributed by atoms with E-state index in [1.807, 2.05) is 25.1 Å². The van der Waals surface area contributed by atoms with Crippen molar-refractivity contribution in [2.45, 2.75) is 31.8 Å². The zero-order chi connectivity index (χ0) is 31.5. The maximum Gasteiger partial charge on any atom is 0.323 e. The first kappa shape index (κ1) is 31.6. The van der Waals surface area contributed by atoms with Crippen molar-refractivity contribution in [2.24, 2.45) is 0 Å². The third kappa shape index (κ3) is 9.10. The van der Waals surface area contributed by atoms with Gasteiger partial charge in [-0.05, 0) is 66.9 Å². The molecule has 5 N–H and O–H groups in total. The maximum absolute atomic E-state index is 13.2. The summed E-state index contributed by atoms with van der Waals surface area (Å²) >= 11 is 0. The fraction of sp³-hybridized carbons (Fsp3) is 0.290. The van der Waals surface area contributed by atoms with Crippen LogP contribution in [-0.2, 0) is 19.1 Å². The number of para-hydroxylation sites is 1. The van der Waals surface area contributed by atoms with Gasteiger partial charge in [0.25, 0.3) is 5.91 Å². The highest BCUT2D eigenvalue weighted by Crippen LogP contribution is 2.35. The van der Waals surface area contributed by atoms with Gasteiger partial charge >= 0.3 is 12.0 Å². The number of carbonyl (C=O) groups is 4. The lowest BCUT2D eigenvalue weighted by Crippen LogP contribution is -2.49. The first-order chi connectivity index (χ1) is 21.2. The fourth-order valence-corrected chi connectivity index (χ4v) is 4.35. The average Bonchev–Trinajstić information content (AvgIpc) is 3.47. The molecule has 4 rings (SSSR count). The number of benzene rings is 3. The van der Waals surface area contributed by atoms with Crippen molar-refractivity contribution in [3.8, 4) is 17.2 Å². The number of fused-ring (bicyclic) bond motifs is 1. The van der Waals surface area contributed by atoms with Gasteiger partial charge in [-0.2, -0.15) is 0 Å². The molecule has 13 heteroatoms. The molecule has 3 aromatic rings.